The number of para-hydroxylation sites is 1. The highest BCUT2D eigenvalue weighted by molar-refractivity contribution is 7.99. The smallest absolute Gasteiger partial charge is 0.191 e. The zero-order valence-corrected chi connectivity index (χ0v) is 16.4. The number of aryl methyl sites for hydroxylation is 2. The first-order chi connectivity index (χ1) is 11.9. The van der Waals surface area contributed by atoms with E-state index < -0.39 is 9.84 Å². The van der Waals surface area contributed by atoms with Gasteiger partial charge in [-0.25, -0.2) is 8.42 Å². The summed E-state index contributed by atoms with van der Waals surface area (Å²) >= 11 is 1.57. The average molecular weight is 382 g/mol. The number of thioether (sulfide) groups is 1. The number of aromatic nitrogens is 3. The fourth-order valence-corrected chi connectivity index (χ4v) is 5.58. The molecule has 3 rings (SSSR count). The Morgan fingerprint density at radius 3 is 2.64 bits per heavy atom. The molecule has 1 saturated heterocycles. The maximum Gasteiger partial charge on any atom is 0.191 e. The van der Waals surface area contributed by atoms with Crippen molar-refractivity contribution in [3.63, 3.8) is 0 Å². The predicted octanol–water partition coefficient (Wildman–Crippen LogP) is 2.51. The summed E-state index contributed by atoms with van der Waals surface area (Å²) in [5.74, 6) is 2.85. The summed E-state index contributed by atoms with van der Waals surface area (Å²) in [7, 11) is -1.02. The van der Waals surface area contributed by atoms with Crippen LogP contribution in [-0.4, -0.2) is 47.0 Å². The molecule has 2 aromatic rings. The minimum absolute atomic E-state index is 0.0392. The summed E-state index contributed by atoms with van der Waals surface area (Å²) in [5, 5.41) is 9.22. The van der Waals surface area contributed by atoms with E-state index in [0.29, 0.717) is 13.0 Å². The Labute approximate surface area is 152 Å². The quantitative estimate of drug-likeness (QED) is 0.565. The Balaban J connectivity index is 1.56. The Morgan fingerprint density at radius 2 is 2.00 bits per heavy atom. The number of hydrogen-bond acceptors (Lipinski definition) is 6. The first-order valence-corrected chi connectivity index (χ1v) is 11.1. The van der Waals surface area contributed by atoms with Gasteiger partial charge >= 0.3 is 0 Å². The third kappa shape index (κ3) is 4.17. The lowest BCUT2D eigenvalue weighted by atomic mass is 10.1. The van der Waals surface area contributed by atoms with E-state index in [4.69, 9.17) is 4.74 Å². The van der Waals surface area contributed by atoms with Crippen LogP contribution >= 0.6 is 11.8 Å². The van der Waals surface area contributed by atoms with Crippen molar-refractivity contribution in [1.82, 2.24) is 14.8 Å². The molecule has 0 N–H and O–H groups in total. The van der Waals surface area contributed by atoms with Crippen LogP contribution in [0.4, 0.5) is 0 Å². The van der Waals surface area contributed by atoms with Gasteiger partial charge in [-0.2, -0.15) is 0 Å². The molecule has 6 nitrogen and oxygen atoms in total. The van der Waals surface area contributed by atoms with Crippen molar-refractivity contribution in [2.24, 2.45) is 7.05 Å². The standard InChI is InChI=1S/C17H23N3O3S2/c1-12-5-4-6-13(2)15(12)23-8-9-24-17-19-18-16(20(17)3)14-7-10-25(21,22)11-14/h4-6,14H,7-11H2,1-3H3/t14-/m0/s1. The van der Waals surface area contributed by atoms with E-state index in [2.05, 4.69) is 10.2 Å². The molecule has 0 spiro atoms. The molecule has 0 bridgehead atoms. The molecule has 1 fully saturated rings. The van der Waals surface area contributed by atoms with Gasteiger partial charge < -0.3 is 9.30 Å². The fraction of sp³-hybridized carbons (Fsp3) is 0.529. The molecule has 1 aliphatic heterocycles. The lowest BCUT2D eigenvalue weighted by molar-refractivity contribution is 0.339. The topological polar surface area (TPSA) is 74.1 Å². The SMILES string of the molecule is Cc1cccc(C)c1OCCSc1nnc([C@H]2CCS(=O)(=O)C2)n1C. The maximum absolute atomic E-state index is 11.7. The Morgan fingerprint density at radius 1 is 1.28 bits per heavy atom. The van der Waals surface area contributed by atoms with Crippen molar-refractivity contribution in [3.05, 3.63) is 35.2 Å². The second kappa shape index (κ2) is 7.37. The molecular formula is C17H23N3O3S2. The second-order valence-corrected chi connectivity index (χ2v) is 9.71. The van der Waals surface area contributed by atoms with E-state index in [1.165, 1.54) is 0 Å². The minimum atomic E-state index is -2.92. The summed E-state index contributed by atoms with van der Waals surface area (Å²) in [6, 6.07) is 6.11. The number of nitrogens with zero attached hydrogens (tertiary/aromatic N) is 3. The summed E-state index contributed by atoms with van der Waals surface area (Å²) < 4.78 is 31.1. The van der Waals surface area contributed by atoms with E-state index in [-0.39, 0.29) is 17.4 Å². The first kappa shape index (κ1) is 18.3. The third-order valence-electron chi connectivity index (χ3n) is 4.44. The van der Waals surface area contributed by atoms with Crippen molar-refractivity contribution < 1.29 is 13.2 Å². The first-order valence-electron chi connectivity index (χ1n) is 8.29. The van der Waals surface area contributed by atoms with Crippen LogP contribution in [0.2, 0.25) is 0 Å². The van der Waals surface area contributed by atoms with Crippen LogP contribution in [-0.2, 0) is 16.9 Å². The minimum Gasteiger partial charge on any atom is -0.492 e. The highest BCUT2D eigenvalue weighted by Crippen LogP contribution is 2.29. The van der Waals surface area contributed by atoms with Crippen molar-refractivity contribution in [2.75, 3.05) is 23.9 Å². The zero-order valence-electron chi connectivity index (χ0n) is 14.7. The maximum atomic E-state index is 11.7. The van der Waals surface area contributed by atoms with E-state index in [9.17, 15) is 8.42 Å². The monoisotopic (exact) mass is 381 g/mol. The van der Waals surface area contributed by atoms with Gasteiger partial charge in [0, 0.05) is 18.7 Å². The van der Waals surface area contributed by atoms with Crippen molar-refractivity contribution in [3.8, 4) is 5.75 Å². The van der Waals surface area contributed by atoms with E-state index in [1.807, 2.05) is 43.7 Å². The molecule has 0 saturated carbocycles. The van der Waals surface area contributed by atoms with Crippen LogP contribution in [0.15, 0.2) is 23.4 Å². The highest BCUT2D eigenvalue weighted by atomic mass is 32.2. The summed E-state index contributed by atoms with van der Waals surface area (Å²) in [6.07, 6.45) is 0.634. The van der Waals surface area contributed by atoms with Gasteiger partial charge in [0.15, 0.2) is 15.0 Å². The van der Waals surface area contributed by atoms with Crippen LogP contribution in [0.3, 0.4) is 0 Å². The van der Waals surface area contributed by atoms with E-state index in [1.54, 1.807) is 11.8 Å². The molecule has 0 unspecified atom stereocenters. The highest BCUT2D eigenvalue weighted by Gasteiger charge is 2.32. The summed E-state index contributed by atoms with van der Waals surface area (Å²) in [5.41, 5.74) is 2.27. The van der Waals surface area contributed by atoms with E-state index in [0.717, 1.165) is 33.6 Å². The molecule has 2 heterocycles. The van der Waals surface area contributed by atoms with Gasteiger partial charge in [0.25, 0.3) is 0 Å². The summed E-state index contributed by atoms with van der Waals surface area (Å²) in [4.78, 5) is 0. The largest absolute Gasteiger partial charge is 0.492 e. The van der Waals surface area contributed by atoms with Crippen LogP contribution in [0.1, 0.15) is 29.3 Å². The predicted molar refractivity (Wildman–Crippen MR) is 99.1 cm³/mol. The van der Waals surface area contributed by atoms with Crippen molar-refractivity contribution >= 4 is 21.6 Å². The van der Waals surface area contributed by atoms with Gasteiger partial charge in [0.2, 0.25) is 0 Å². The Hall–Kier alpha value is -1.54. The van der Waals surface area contributed by atoms with Crippen LogP contribution in [0.25, 0.3) is 0 Å². The molecule has 25 heavy (non-hydrogen) atoms. The molecule has 1 aromatic heterocycles. The Kier molecular flexibility index (Phi) is 5.38. The van der Waals surface area contributed by atoms with E-state index >= 15 is 0 Å². The summed E-state index contributed by atoms with van der Waals surface area (Å²) in [6.45, 7) is 4.66. The van der Waals surface area contributed by atoms with Crippen LogP contribution in [0, 0.1) is 13.8 Å². The number of benzene rings is 1. The molecule has 0 radical (unpaired) electrons. The molecule has 0 amide bonds. The van der Waals surface area contributed by atoms with Gasteiger partial charge in [-0.3, -0.25) is 0 Å². The van der Waals surface area contributed by atoms with Crippen LogP contribution in [0.5, 0.6) is 5.75 Å². The second-order valence-electron chi connectivity index (χ2n) is 6.42. The number of ether oxygens (including phenoxy) is 1. The number of rotatable bonds is 6. The van der Waals surface area contributed by atoms with Gasteiger partial charge in [-0.15, -0.1) is 10.2 Å². The number of sulfone groups is 1. The number of hydrogen-bond donors (Lipinski definition) is 0. The molecule has 0 aliphatic carbocycles. The molecule has 1 aromatic carbocycles. The lowest BCUT2D eigenvalue weighted by Gasteiger charge is -2.11. The normalized spacial score (nSPS) is 19.2. The lowest BCUT2D eigenvalue weighted by Crippen LogP contribution is -2.09. The van der Waals surface area contributed by atoms with Crippen molar-refractivity contribution in [2.45, 2.75) is 31.3 Å². The third-order valence-corrected chi connectivity index (χ3v) is 7.19. The van der Waals surface area contributed by atoms with Gasteiger partial charge in [0.1, 0.15) is 11.6 Å². The zero-order chi connectivity index (χ0) is 18.0. The van der Waals surface area contributed by atoms with Crippen LogP contribution < -0.4 is 4.74 Å². The molecule has 136 valence electrons. The average Bonchev–Trinajstić information content (AvgIpc) is 3.08. The molecule has 1 atom stereocenters. The van der Waals surface area contributed by atoms with Crippen molar-refractivity contribution in [1.29, 1.82) is 0 Å². The molecule has 1 aliphatic rings. The molecule has 8 heteroatoms. The van der Waals surface area contributed by atoms with Gasteiger partial charge in [0.05, 0.1) is 18.1 Å². The Bertz CT molecular complexity index is 842. The van der Waals surface area contributed by atoms with Gasteiger partial charge in [-0.1, -0.05) is 30.0 Å². The molecular weight excluding hydrogens is 358 g/mol. The van der Waals surface area contributed by atoms with Gasteiger partial charge in [-0.05, 0) is 31.4 Å². The fourth-order valence-electron chi connectivity index (χ4n) is 3.11.